The zero-order valence-corrected chi connectivity index (χ0v) is 15.0. The minimum atomic E-state index is -4.50. The standard InChI is InChI=1S/C18H15BrF3NO3/c19-14-7-2-1-5-12(14)10-15(17(25)26)23-16(24)9-11-4-3-6-13(8-11)18(20,21)22/h1-8,15H,9-10H2,(H,23,24)(H,25,26)/t15-/m1/s1. The number of hydrogen-bond acceptors (Lipinski definition) is 2. The molecule has 26 heavy (non-hydrogen) atoms. The van der Waals surface area contributed by atoms with E-state index in [-0.39, 0.29) is 18.4 Å². The number of benzene rings is 2. The number of rotatable bonds is 6. The highest BCUT2D eigenvalue weighted by Gasteiger charge is 2.30. The molecule has 1 atom stereocenters. The molecule has 2 aromatic rings. The third-order valence-electron chi connectivity index (χ3n) is 3.63. The van der Waals surface area contributed by atoms with E-state index in [1.54, 1.807) is 24.3 Å². The molecule has 0 aliphatic rings. The summed E-state index contributed by atoms with van der Waals surface area (Å²) in [6, 6.07) is 10.2. The van der Waals surface area contributed by atoms with Crippen LogP contribution in [0.15, 0.2) is 53.0 Å². The molecule has 0 heterocycles. The smallest absolute Gasteiger partial charge is 0.416 e. The van der Waals surface area contributed by atoms with Crippen LogP contribution in [0.1, 0.15) is 16.7 Å². The molecule has 2 aromatic carbocycles. The van der Waals surface area contributed by atoms with Crippen molar-refractivity contribution in [3.63, 3.8) is 0 Å². The van der Waals surface area contributed by atoms with Crippen molar-refractivity contribution in [2.75, 3.05) is 0 Å². The minimum Gasteiger partial charge on any atom is -0.480 e. The fourth-order valence-electron chi connectivity index (χ4n) is 2.37. The number of amides is 1. The molecule has 0 fully saturated rings. The zero-order chi connectivity index (χ0) is 19.3. The van der Waals surface area contributed by atoms with Gasteiger partial charge >= 0.3 is 12.1 Å². The van der Waals surface area contributed by atoms with Gasteiger partial charge in [0.25, 0.3) is 0 Å². The zero-order valence-electron chi connectivity index (χ0n) is 13.4. The molecule has 0 spiro atoms. The maximum atomic E-state index is 12.7. The van der Waals surface area contributed by atoms with Gasteiger partial charge in [-0.05, 0) is 23.3 Å². The van der Waals surface area contributed by atoms with Gasteiger partial charge in [0.2, 0.25) is 5.91 Å². The molecule has 0 aromatic heterocycles. The second-order valence-electron chi connectivity index (χ2n) is 5.63. The minimum absolute atomic E-state index is 0.0467. The fraction of sp³-hybridized carbons (Fsp3) is 0.222. The van der Waals surface area contributed by atoms with Crippen LogP contribution in [0.3, 0.4) is 0 Å². The maximum absolute atomic E-state index is 12.7. The van der Waals surface area contributed by atoms with E-state index in [9.17, 15) is 27.9 Å². The molecular formula is C18H15BrF3NO3. The van der Waals surface area contributed by atoms with Gasteiger partial charge in [0.05, 0.1) is 12.0 Å². The Morgan fingerprint density at radius 1 is 1.12 bits per heavy atom. The van der Waals surface area contributed by atoms with Crippen LogP contribution in [0, 0.1) is 0 Å². The van der Waals surface area contributed by atoms with Crippen molar-refractivity contribution < 1.29 is 27.9 Å². The van der Waals surface area contributed by atoms with Gasteiger partial charge in [-0.15, -0.1) is 0 Å². The molecule has 0 radical (unpaired) electrons. The summed E-state index contributed by atoms with van der Waals surface area (Å²) in [7, 11) is 0. The van der Waals surface area contributed by atoms with Crippen LogP contribution >= 0.6 is 15.9 Å². The monoisotopic (exact) mass is 429 g/mol. The number of carboxylic acid groups (broad SMARTS) is 1. The molecule has 138 valence electrons. The van der Waals surface area contributed by atoms with Gasteiger partial charge in [-0.1, -0.05) is 52.3 Å². The summed E-state index contributed by atoms with van der Waals surface area (Å²) in [5, 5.41) is 11.7. The molecule has 4 nitrogen and oxygen atoms in total. The van der Waals surface area contributed by atoms with E-state index in [0.29, 0.717) is 10.0 Å². The van der Waals surface area contributed by atoms with Gasteiger partial charge in [0.1, 0.15) is 6.04 Å². The first-order valence-corrected chi connectivity index (χ1v) is 8.38. The lowest BCUT2D eigenvalue weighted by Gasteiger charge is -2.16. The Morgan fingerprint density at radius 2 is 1.81 bits per heavy atom. The van der Waals surface area contributed by atoms with Gasteiger partial charge in [-0.3, -0.25) is 4.79 Å². The molecule has 2 rings (SSSR count). The second kappa shape index (κ2) is 8.35. The van der Waals surface area contributed by atoms with Gasteiger partial charge in [-0.25, -0.2) is 4.79 Å². The molecule has 0 bridgehead atoms. The van der Waals surface area contributed by atoms with Crippen LogP contribution in [0.25, 0.3) is 0 Å². The Kier molecular flexibility index (Phi) is 6.42. The lowest BCUT2D eigenvalue weighted by Crippen LogP contribution is -2.43. The quantitative estimate of drug-likeness (QED) is 0.733. The molecule has 0 unspecified atom stereocenters. The Hall–Kier alpha value is -2.35. The van der Waals surface area contributed by atoms with Crippen LogP contribution in [0.2, 0.25) is 0 Å². The van der Waals surface area contributed by atoms with Crippen LogP contribution in [0.4, 0.5) is 13.2 Å². The number of hydrogen-bond donors (Lipinski definition) is 2. The molecule has 0 saturated heterocycles. The summed E-state index contributed by atoms with van der Waals surface area (Å²) in [6.07, 6.45) is -4.80. The molecule has 0 aliphatic heterocycles. The number of aliphatic carboxylic acids is 1. The summed E-state index contributed by atoms with van der Waals surface area (Å²) >= 11 is 3.31. The molecule has 8 heteroatoms. The highest BCUT2D eigenvalue weighted by Crippen LogP contribution is 2.29. The SMILES string of the molecule is O=C(Cc1cccc(C(F)(F)F)c1)N[C@H](Cc1ccccc1Br)C(=O)O. The number of alkyl halides is 3. The molecule has 1 amide bonds. The number of halogens is 4. The van der Waals surface area contributed by atoms with E-state index in [0.717, 1.165) is 12.1 Å². The van der Waals surface area contributed by atoms with Gasteiger partial charge in [0, 0.05) is 10.9 Å². The normalized spacial score (nSPS) is 12.5. The highest BCUT2D eigenvalue weighted by atomic mass is 79.9. The van der Waals surface area contributed by atoms with E-state index in [1.807, 2.05) is 0 Å². The highest BCUT2D eigenvalue weighted by molar-refractivity contribution is 9.10. The van der Waals surface area contributed by atoms with Crippen molar-refractivity contribution in [1.82, 2.24) is 5.32 Å². The topological polar surface area (TPSA) is 66.4 Å². The van der Waals surface area contributed by atoms with E-state index in [1.165, 1.54) is 12.1 Å². The Balaban J connectivity index is 2.07. The van der Waals surface area contributed by atoms with Crippen LogP contribution in [0.5, 0.6) is 0 Å². The van der Waals surface area contributed by atoms with E-state index < -0.39 is 29.7 Å². The number of carboxylic acids is 1. The largest absolute Gasteiger partial charge is 0.480 e. The van der Waals surface area contributed by atoms with Crippen molar-refractivity contribution >= 4 is 27.8 Å². The van der Waals surface area contributed by atoms with E-state index in [2.05, 4.69) is 21.2 Å². The van der Waals surface area contributed by atoms with Crippen molar-refractivity contribution in [3.05, 3.63) is 69.7 Å². The molecule has 0 saturated carbocycles. The van der Waals surface area contributed by atoms with Gasteiger partial charge in [0.15, 0.2) is 0 Å². The molecular weight excluding hydrogens is 415 g/mol. The fourth-order valence-corrected chi connectivity index (χ4v) is 2.82. The van der Waals surface area contributed by atoms with E-state index >= 15 is 0 Å². The van der Waals surface area contributed by atoms with E-state index in [4.69, 9.17) is 0 Å². The Labute approximate surface area is 156 Å². The van der Waals surface area contributed by atoms with Gasteiger partial charge in [-0.2, -0.15) is 13.2 Å². The van der Waals surface area contributed by atoms with Crippen molar-refractivity contribution in [2.24, 2.45) is 0 Å². The predicted octanol–water partition coefficient (Wildman–Crippen LogP) is 3.82. The Bertz CT molecular complexity index is 808. The summed E-state index contributed by atoms with van der Waals surface area (Å²) < 4.78 is 38.9. The molecule has 2 N–H and O–H groups in total. The average Bonchev–Trinajstić information content (AvgIpc) is 2.55. The number of carbonyl (C=O) groups is 2. The third kappa shape index (κ3) is 5.59. The first kappa shape index (κ1) is 20.0. The lowest BCUT2D eigenvalue weighted by molar-refractivity contribution is -0.141. The summed E-state index contributed by atoms with van der Waals surface area (Å²) in [4.78, 5) is 23.5. The lowest BCUT2D eigenvalue weighted by atomic mass is 10.0. The number of carbonyl (C=O) groups excluding carboxylic acids is 1. The summed E-state index contributed by atoms with van der Waals surface area (Å²) in [5.74, 6) is -1.89. The second-order valence-corrected chi connectivity index (χ2v) is 6.48. The first-order valence-electron chi connectivity index (χ1n) is 7.58. The molecule has 0 aliphatic carbocycles. The third-order valence-corrected chi connectivity index (χ3v) is 4.41. The average molecular weight is 430 g/mol. The maximum Gasteiger partial charge on any atom is 0.416 e. The van der Waals surface area contributed by atoms with Crippen LogP contribution < -0.4 is 5.32 Å². The Morgan fingerprint density at radius 3 is 2.42 bits per heavy atom. The summed E-state index contributed by atoms with van der Waals surface area (Å²) in [6.45, 7) is 0. The summed E-state index contributed by atoms with van der Waals surface area (Å²) in [5.41, 5.74) is -0.00701. The van der Waals surface area contributed by atoms with Gasteiger partial charge < -0.3 is 10.4 Å². The predicted molar refractivity (Wildman–Crippen MR) is 92.6 cm³/mol. The van der Waals surface area contributed by atoms with Crippen molar-refractivity contribution in [1.29, 1.82) is 0 Å². The van der Waals surface area contributed by atoms with Crippen LogP contribution in [-0.4, -0.2) is 23.0 Å². The van der Waals surface area contributed by atoms with Crippen molar-refractivity contribution in [3.8, 4) is 0 Å². The number of nitrogens with one attached hydrogen (secondary N) is 1. The van der Waals surface area contributed by atoms with Crippen molar-refractivity contribution in [2.45, 2.75) is 25.1 Å². The van der Waals surface area contributed by atoms with Crippen LogP contribution in [-0.2, 0) is 28.6 Å². The first-order chi connectivity index (χ1) is 12.2.